The van der Waals surface area contributed by atoms with Gasteiger partial charge in [0.15, 0.2) is 0 Å². The van der Waals surface area contributed by atoms with Crippen LogP contribution < -0.4 is 10.6 Å². The third-order valence-electron chi connectivity index (χ3n) is 6.03. The first-order valence-corrected chi connectivity index (χ1v) is 11.8. The van der Waals surface area contributed by atoms with Gasteiger partial charge in [-0.15, -0.1) is 0 Å². The quantitative estimate of drug-likeness (QED) is 0.810. The molecule has 0 radical (unpaired) electrons. The van der Waals surface area contributed by atoms with E-state index >= 15 is 0 Å². The molecule has 6 nitrogen and oxygen atoms in total. The summed E-state index contributed by atoms with van der Waals surface area (Å²) in [5.74, 6) is 0.829. The molecule has 2 aromatic carbocycles. The Hall–Kier alpha value is -2.38. The number of nitrogens with zero attached hydrogens (tertiary/aromatic N) is 2. The van der Waals surface area contributed by atoms with Crippen LogP contribution in [0.2, 0.25) is 0 Å². The minimum atomic E-state index is -3.22. The first kappa shape index (κ1) is 18.6. The molecule has 2 aromatic rings. The summed E-state index contributed by atoms with van der Waals surface area (Å²) in [6, 6.07) is 18.2. The van der Waals surface area contributed by atoms with Gasteiger partial charge in [-0.3, -0.25) is 4.99 Å². The van der Waals surface area contributed by atoms with Crippen molar-refractivity contribution in [2.24, 2.45) is 4.99 Å². The number of rotatable bonds is 4. The zero-order chi connectivity index (χ0) is 19.9. The molecule has 1 aliphatic carbocycles. The van der Waals surface area contributed by atoms with Gasteiger partial charge in [-0.1, -0.05) is 42.5 Å². The highest BCUT2D eigenvalue weighted by molar-refractivity contribution is 7.90. The molecule has 1 saturated heterocycles. The number of sulfonamides is 1. The number of anilines is 2. The van der Waals surface area contributed by atoms with Crippen molar-refractivity contribution >= 4 is 27.2 Å². The second-order valence-electron chi connectivity index (χ2n) is 8.21. The van der Waals surface area contributed by atoms with Crippen molar-refractivity contribution in [1.29, 1.82) is 0 Å². The molecule has 1 atom stereocenters. The van der Waals surface area contributed by atoms with E-state index in [1.165, 1.54) is 0 Å². The second-order valence-corrected chi connectivity index (χ2v) is 10.4. The molecule has 2 heterocycles. The number of amidine groups is 1. The largest absolute Gasteiger partial charge is 0.370 e. The molecule has 5 rings (SSSR count). The highest BCUT2D eigenvalue weighted by Crippen LogP contribution is 2.39. The van der Waals surface area contributed by atoms with Crippen LogP contribution in [0.15, 0.2) is 59.6 Å². The van der Waals surface area contributed by atoms with Crippen molar-refractivity contribution in [3.8, 4) is 0 Å². The lowest BCUT2D eigenvalue weighted by Gasteiger charge is -2.47. The maximum absolute atomic E-state index is 12.9. The fraction of sp³-hybridized carbons (Fsp3) is 0.409. The van der Waals surface area contributed by atoms with Crippen molar-refractivity contribution in [1.82, 2.24) is 4.31 Å². The third-order valence-corrected chi connectivity index (χ3v) is 8.38. The number of nitrogens with one attached hydrogen (secondary N) is 2. The number of aliphatic imine (C=N–C) groups is 1. The maximum Gasteiger partial charge on any atom is 0.217 e. The van der Waals surface area contributed by atoms with Crippen LogP contribution in [0, 0.1) is 0 Å². The van der Waals surface area contributed by atoms with Crippen LogP contribution in [0.5, 0.6) is 0 Å². The van der Waals surface area contributed by atoms with Gasteiger partial charge in [0.25, 0.3) is 0 Å². The second kappa shape index (κ2) is 7.15. The molecule has 2 fully saturated rings. The monoisotopic (exact) mass is 410 g/mol. The van der Waals surface area contributed by atoms with Gasteiger partial charge in [-0.05, 0) is 43.4 Å². The van der Waals surface area contributed by atoms with Gasteiger partial charge in [-0.2, -0.15) is 4.31 Å². The van der Waals surface area contributed by atoms with E-state index in [9.17, 15) is 8.42 Å². The van der Waals surface area contributed by atoms with Crippen molar-refractivity contribution in [2.45, 2.75) is 43.0 Å². The Morgan fingerprint density at radius 3 is 2.52 bits per heavy atom. The molecule has 0 aromatic heterocycles. The molecule has 3 aliphatic rings. The summed E-state index contributed by atoms with van der Waals surface area (Å²) in [6.07, 6.45) is 3.23. The minimum absolute atomic E-state index is 0.189. The molecule has 2 N–H and O–H groups in total. The molecular formula is C22H26N4O2S. The molecule has 1 saturated carbocycles. The third kappa shape index (κ3) is 3.53. The summed E-state index contributed by atoms with van der Waals surface area (Å²) >= 11 is 0. The summed E-state index contributed by atoms with van der Waals surface area (Å²) in [6.45, 7) is 1.57. The van der Waals surface area contributed by atoms with Crippen LogP contribution in [0.4, 0.5) is 11.4 Å². The first-order chi connectivity index (χ1) is 14.1. The lowest BCUT2D eigenvalue weighted by molar-refractivity contribution is 0.293. The minimum Gasteiger partial charge on any atom is -0.370 e. The molecule has 0 unspecified atom stereocenters. The average molecular weight is 411 g/mol. The zero-order valence-corrected chi connectivity index (χ0v) is 17.2. The van der Waals surface area contributed by atoms with Gasteiger partial charge in [0, 0.05) is 13.1 Å². The van der Waals surface area contributed by atoms with Gasteiger partial charge in [-0.25, -0.2) is 8.42 Å². The fourth-order valence-electron chi connectivity index (χ4n) is 4.32. The van der Waals surface area contributed by atoms with Gasteiger partial charge in [0.2, 0.25) is 10.0 Å². The number of para-hydroxylation sites is 2. The molecule has 7 heteroatoms. The molecule has 1 spiro atoms. The van der Waals surface area contributed by atoms with E-state index in [0.29, 0.717) is 19.6 Å². The smallest absolute Gasteiger partial charge is 0.217 e. The Balaban J connectivity index is 1.50. The molecule has 0 bridgehead atoms. The van der Waals surface area contributed by atoms with Crippen LogP contribution in [-0.2, 0) is 16.6 Å². The molecule has 152 valence electrons. The SMILES string of the molecule is O=S(=O)(C1CC1)N1CCC[C@@]2(C1)Nc1ccccc1NC2=NCc1ccccc1. The average Bonchev–Trinajstić information content (AvgIpc) is 3.59. The van der Waals surface area contributed by atoms with Gasteiger partial charge >= 0.3 is 0 Å². The molecule has 2 aliphatic heterocycles. The first-order valence-electron chi connectivity index (χ1n) is 10.3. The van der Waals surface area contributed by atoms with Crippen LogP contribution >= 0.6 is 0 Å². The summed E-state index contributed by atoms with van der Waals surface area (Å²) in [5.41, 5.74) is 2.58. The van der Waals surface area contributed by atoms with Crippen molar-refractivity contribution in [2.75, 3.05) is 23.7 Å². The van der Waals surface area contributed by atoms with Crippen molar-refractivity contribution in [3.05, 3.63) is 60.2 Å². The molecule has 0 amide bonds. The van der Waals surface area contributed by atoms with E-state index in [1.807, 2.05) is 42.5 Å². The number of benzene rings is 2. The van der Waals surface area contributed by atoms with Crippen molar-refractivity contribution < 1.29 is 8.42 Å². The van der Waals surface area contributed by atoms with Crippen molar-refractivity contribution in [3.63, 3.8) is 0 Å². The Morgan fingerprint density at radius 2 is 1.76 bits per heavy atom. The van der Waals surface area contributed by atoms with E-state index in [1.54, 1.807) is 4.31 Å². The number of fused-ring (bicyclic) bond motifs is 1. The Bertz CT molecular complexity index is 1030. The Labute approximate surface area is 172 Å². The lowest BCUT2D eigenvalue weighted by Crippen LogP contribution is -2.62. The standard InChI is InChI=1S/C22H26N4O2S/c27-29(28,18-11-12-18)26-14-6-13-22(16-26)21(23-15-17-7-2-1-3-8-17)24-19-9-4-5-10-20(19)25-22/h1-5,7-10,18,25H,6,11-16H2,(H,23,24)/t22-/m0/s1. The lowest BCUT2D eigenvalue weighted by atomic mass is 9.86. The van der Waals surface area contributed by atoms with E-state index in [4.69, 9.17) is 4.99 Å². The highest BCUT2D eigenvalue weighted by atomic mass is 32.2. The highest BCUT2D eigenvalue weighted by Gasteiger charge is 2.49. The topological polar surface area (TPSA) is 73.8 Å². The summed E-state index contributed by atoms with van der Waals surface area (Å²) < 4.78 is 27.6. The Kier molecular flexibility index (Phi) is 4.59. The van der Waals surface area contributed by atoms with E-state index in [2.05, 4.69) is 22.8 Å². The number of hydrogen-bond donors (Lipinski definition) is 2. The van der Waals surface area contributed by atoms with Crippen LogP contribution in [0.1, 0.15) is 31.2 Å². The predicted octanol–water partition coefficient (Wildman–Crippen LogP) is 3.45. The molecule has 29 heavy (non-hydrogen) atoms. The van der Waals surface area contributed by atoms with E-state index < -0.39 is 15.6 Å². The van der Waals surface area contributed by atoms with Gasteiger partial charge < -0.3 is 10.6 Å². The van der Waals surface area contributed by atoms with Gasteiger partial charge in [0.05, 0.1) is 23.2 Å². The Morgan fingerprint density at radius 1 is 1.03 bits per heavy atom. The predicted molar refractivity (Wildman–Crippen MR) is 117 cm³/mol. The van der Waals surface area contributed by atoms with Gasteiger partial charge in [0.1, 0.15) is 11.4 Å². The van der Waals surface area contributed by atoms with Crippen LogP contribution in [-0.4, -0.2) is 42.4 Å². The molecular weight excluding hydrogens is 384 g/mol. The summed E-state index contributed by atoms with van der Waals surface area (Å²) in [5, 5.41) is 6.98. The summed E-state index contributed by atoms with van der Waals surface area (Å²) in [7, 11) is -3.22. The maximum atomic E-state index is 12.9. The summed E-state index contributed by atoms with van der Waals surface area (Å²) in [4.78, 5) is 4.93. The fourth-order valence-corrected chi connectivity index (χ4v) is 6.25. The number of hydrogen-bond acceptors (Lipinski definition) is 4. The van der Waals surface area contributed by atoms with E-state index in [0.717, 1.165) is 48.5 Å². The van der Waals surface area contributed by atoms with Crippen LogP contribution in [0.3, 0.4) is 0 Å². The zero-order valence-electron chi connectivity index (χ0n) is 16.3. The van der Waals surface area contributed by atoms with Crippen LogP contribution in [0.25, 0.3) is 0 Å². The normalized spacial score (nSPS) is 26.0. The van der Waals surface area contributed by atoms with E-state index in [-0.39, 0.29) is 5.25 Å². The number of piperidine rings is 1.